The standard InChI is InChI=1S/C7H11IN2O2/c8-7(12)10-4-5-1-2-9-6(11)3-5/h5H,1-4H2,(H,9,11)(H,10,12). The highest BCUT2D eigenvalue weighted by molar-refractivity contribution is 14.1. The van der Waals surface area contributed by atoms with E-state index in [1.54, 1.807) is 22.6 Å². The van der Waals surface area contributed by atoms with E-state index in [2.05, 4.69) is 10.6 Å². The number of carbonyl (C=O) groups is 2. The summed E-state index contributed by atoms with van der Waals surface area (Å²) in [6.45, 7) is 1.36. The lowest BCUT2D eigenvalue weighted by Gasteiger charge is -2.21. The van der Waals surface area contributed by atoms with Gasteiger partial charge >= 0.3 is 0 Å². The average Bonchev–Trinajstić information content (AvgIpc) is 2.01. The lowest BCUT2D eigenvalue weighted by atomic mass is 9.98. The van der Waals surface area contributed by atoms with Crippen LogP contribution in [-0.4, -0.2) is 22.9 Å². The number of rotatable bonds is 2. The summed E-state index contributed by atoms with van der Waals surface area (Å²) in [5.41, 5.74) is 0. The van der Waals surface area contributed by atoms with Gasteiger partial charge in [0.05, 0.1) is 0 Å². The largest absolute Gasteiger partial charge is 0.356 e. The molecule has 0 aromatic rings. The molecule has 0 aromatic heterocycles. The third-order valence-corrected chi connectivity index (χ3v) is 2.26. The van der Waals surface area contributed by atoms with Gasteiger partial charge < -0.3 is 10.6 Å². The lowest BCUT2D eigenvalue weighted by Crippen LogP contribution is -2.38. The van der Waals surface area contributed by atoms with Crippen LogP contribution in [0.25, 0.3) is 0 Å². The normalized spacial score (nSPS) is 23.1. The molecular weight excluding hydrogens is 271 g/mol. The highest BCUT2D eigenvalue weighted by Gasteiger charge is 2.18. The first kappa shape index (κ1) is 9.76. The molecule has 1 heterocycles. The first-order chi connectivity index (χ1) is 5.68. The number of carbonyl (C=O) groups excluding carboxylic acids is 2. The van der Waals surface area contributed by atoms with Gasteiger partial charge in [-0.3, -0.25) is 9.59 Å². The Hall–Kier alpha value is -0.330. The van der Waals surface area contributed by atoms with Crippen molar-refractivity contribution in [3.63, 3.8) is 0 Å². The van der Waals surface area contributed by atoms with Crippen molar-refractivity contribution in [2.24, 2.45) is 5.92 Å². The second kappa shape index (κ2) is 4.64. The SMILES string of the molecule is O=C(I)NCC1CCNC(=O)C1. The highest BCUT2D eigenvalue weighted by atomic mass is 127. The molecule has 1 atom stereocenters. The molecule has 0 bridgehead atoms. The van der Waals surface area contributed by atoms with Gasteiger partial charge in [0.2, 0.25) is 5.91 Å². The Bertz CT molecular complexity index is 196. The maximum Gasteiger partial charge on any atom is 0.280 e. The molecule has 12 heavy (non-hydrogen) atoms. The Morgan fingerprint density at radius 2 is 2.50 bits per heavy atom. The first-order valence-corrected chi connectivity index (χ1v) is 4.96. The molecule has 1 aliphatic rings. The lowest BCUT2D eigenvalue weighted by molar-refractivity contribution is -0.123. The van der Waals surface area contributed by atoms with E-state index in [9.17, 15) is 9.59 Å². The van der Waals surface area contributed by atoms with Crippen molar-refractivity contribution in [3.8, 4) is 0 Å². The molecule has 1 unspecified atom stereocenters. The molecule has 4 nitrogen and oxygen atoms in total. The van der Waals surface area contributed by atoms with E-state index < -0.39 is 0 Å². The molecule has 1 saturated heterocycles. The maximum atomic E-state index is 10.9. The minimum Gasteiger partial charge on any atom is -0.356 e. The van der Waals surface area contributed by atoms with Crippen molar-refractivity contribution in [2.75, 3.05) is 13.1 Å². The maximum absolute atomic E-state index is 10.9. The van der Waals surface area contributed by atoms with E-state index in [0.29, 0.717) is 18.9 Å². The number of hydrogen-bond donors (Lipinski definition) is 2. The van der Waals surface area contributed by atoms with Crippen molar-refractivity contribution in [3.05, 3.63) is 0 Å². The fraction of sp³-hybridized carbons (Fsp3) is 0.714. The summed E-state index contributed by atoms with van der Waals surface area (Å²) in [5, 5.41) is 5.45. The van der Waals surface area contributed by atoms with Gasteiger partial charge in [-0.25, -0.2) is 0 Å². The van der Waals surface area contributed by atoms with Crippen LogP contribution in [0.4, 0.5) is 4.79 Å². The Morgan fingerprint density at radius 3 is 3.08 bits per heavy atom. The van der Waals surface area contributed by atoms with Gasteiger partial charge in [-0.1, -0.05) is 0 Å². The van der Waals surface area contributed by atoms with Crippen LogP contribution in [-0.2, 0) is 4.79 Å². The Labute approximate surface area is 84.6 Å². The summed E-state index contributed by atoms with van der Waals surface area (Å²) in [4.78, 5) is 21.4. The van der Waals surface area contributed by atoms with E-state index >= 15 is 0 Å². The zero-order valence-electron chi connectivity index (χ0n) is 6.60. The summed E-state index contributed by atoms with van der Waals surface area (Å²) in [6, 6.07) is 0. The van der Waals surface area contributed by atoms with Crippen LogP contribution in [0.15, 0.2) is 0 Å². The molecule has 0 aliphatic carbocycles. The van der Waals surface area contributed by atoms with Gasteiger partial charge in [0.25, 0.3) is 3.91 Å². The zero-order valence-corrected chi connectivity index (χ0v) is 8.76. The van der Waals surface area contributed by atoms with Crippen LogP contribution in [0.3, 0.4) is 0 Å². The van der Waals surface area contributed by atoms with E-state index in [4.69, 9.17) is 0 Å². The first-order valence-electron chi connectivity index (χ1n) is 3.88. The fourth-order valence-corrected chi connectivity index (χ4v) is 1.47. The van der Waals surface area contributed by atoms with Crippen LogP contribution in [0, 0.1) is 5.92 Å². The van der Waals surface area contributed by atoms with E-state index in [-0.39, 0.29) is 9.82 Å². The van der Waals surface area contributed by atoms with Crippen molar-refractivity contribution in [1.82, 2.24) is 10.6 Å². The topological polar surface area (TPSA) is 58.2 Å². The summed E-state index contributed by atoms with van der Waals surface area (Å²) in [7, 11) is 0. The van der Waals surface area contributed by atoms with E-state index in [0.717, 1.165) is 13.0 Å². The van der Waals surface area contributed by atoms with Crippen molar-refractivity contribution in [1.29, 1.82) is 0 Å². The molecule has 0 radical (unpaired) electrons. The summed E-state index contributed by atoms with van der Waals surface area (Å²) in [5.74, 6) is 0.409. The predicted molar refractivity (Wildman–Crippen MR) is 53.2 cm³/mol. The van der Waals surface area contributed by atoms with Crippen LogP contribution in [0.1, 0.15) is 12.8 Å². The van der Waals surface area contributed by atoms with Gasteiger partial charge in [0.1, 0.15) is 0 Å². The number of nitrogens with one attached hydrogen (secondary N) is 2. The number of piperidine rings is 1. The third kappa shape index (κ3) is 3.38. The minimum atomic E-state index is -0.0569. The molecule has 0 aromatic carbocycles. The molecule has 0 spiro atoms. The molecule has 2 N–H and O–H groups in total. The molecule has 2 amide bonds. The molecule has 1 fully saturated rings. The van der Waals surface area contributed by atoms with Crippen molar-refractivity contribution in [2.45, 2.75) is 12.8 Å². The van der Waals surface area contributed by atoms with Crippen LogP contribution in [0.2, 0.25) is 0 Å². The Balaban J connectivity index is 2.23. The molecule has 1 rings (SSSR count). The summed E-state index contributed by atoms with van der Waals surface area (Å²) in [6.07, 6.45) is 1.50. The van der Waals surface area contributed by atoms with Gasteiger partial charge in [-0.05, 0) is 12.3 Å². The third-order valence-electron chi connectivity index (χ3n) is 1.88. The summed E-state index contributed by atoms with van der Waals surface area (Å²) >= 11 is 1.69. The quantitative estimate of drug-likeness (QED) is 0.444. The minimum absolute atomic E-state index is 0.0569. The second-order valence-corrected chi connectivity index (χ2v) is 3.84. The predicted octanol–water partition coefficient (Wildman–Crippen LogP) is 0.657. The molecular formula is C7H11IN2O2. The van der Waals surface area contributed by atoms with E-state index in [1.807, 2.05) is 0 Å². The van der Waals surface area contributed by atoms with E-state index in [1.165, 1.54) is 0 Å². The number of halogens is 1. The van der Waals surface area contributed by atoms with Gasteiger partial charge in [0, 0.05) is 42.1 Å². The van der Waals surface area contributed by atoms with Gasteiger partial charge in [-0.2, -0.15) is 0 Å². The van der Waals surface area contributed by atoms with Crippen LogP contribution < -0.4 is 10.6 Å². The Morgan fingerprint density at radius 1 is 1.75 bits per heavy atom. The monoisotopic (exact) mass is 282 g/mol. The van der Waals surface area contributed by atoms with Gasteiger partial charge in [-0.15, -0.1) is 0 Å². The number of hydrogen-bond acceptors (Lipinski definition) is 2. The van der Waals surface area contributed by atoms with Crippen molar-refractivity contribution >= 4 is 32.4 Å². The Kier molecular flexibility index (Phi) is 3.77. The van der Waals surface area contributed by atoms with Crippen LogP contribution >= 0.6 is 22.6 Å². The average molecular weight is 282 g/mol. The fourth-order valence-electron chi connectivity index (χ4n) is 1.25. The number of amides is 2. The van der Waals surface area contributed by atoms with Gasteiger partial charge in [0.15, 0.2) is 0 Å². The molecule has 0 saturated carbocycles. The highest BCUT2D eigenvalue weighted by Crippen LogP contribution is 2.10. The zero-order chi connectivity index (χ0) is 8.97. The second-order valence-electron chi connectivity index (χ2n) is 2.86. The van der Waals surface area contributed by atoms with Crippen molar-refractivity contribution < 1.29 is 9.59 Å². The molecule has 5 heteroatoms. The summed E-state index contributed by atoms with van der Waals surface area (Å²) < 4.78 is -0.0569. The molecule has 68 valence electrons. The van der Waals surface area contributed by atoms with Crippen LogP contribution in [0.5, 0.6) is 0 Å². The molecule has 1 aliphatic heterocycles. The smallest absolute Gasteiger partial charge is 0.280 e.